The summed E-state index contributed by atoms with van der Waals surface area (Å²) in [6.07, 6.45) is 0. The van der Waals surface area contributed by atoms with Crippen molar-refractivity contribution in [2.24, 2.45) is 0 Å². The Labute approximate surface area is 287 Å². The van der Waals surface area contributed by atoms with Crippen LogP contribution in [0.25, 0.3) is 108 Å². The molecule has 9 aromatic carbocycles. The van der Waals surface area contributed by atoms with Gasteiger partial charge in [-0.3, -0.25) is 0 Å². The van der Waals surface area contributed by atoms with E-state index in [-0.39, 0.29) is 0 Å². The number of aromatic nitrogens is 1. The van der Waals surface area contributed by atoms with E-state index in [2.05, 4.69) is 164 Å². The Morgan fingerprint density at radius 1 is 0.347 bits per heavy atom. The van der Waals surface area contributed by atoms with Crippen LogP contribution in [0.4, 0.5) is 0 Å². The molecule has 0 N–H and O–H groups in total. The second-order valence-corrected chi connectivity index (χ2v) is 14.0. The molecule has 0 bridgehead atoms. The van der Waals surface area contributed by atoms with E-state index < -0.39 is 0 Å². The minimum Gasteiger partial charge on any atom is -0.236 e. The molecular formula is C47H27NS. The van der Waals surface area contributed by atoms with Crippen LogP contribution in [0.1, 0.15) is 0 Å². The number of rotatable bonds is 3. The predicted molar refractivity (Wildman–Crippen MR) is 210 cm³/mol. The topological polar surface area (TPSA) is 12.9 Å². The highest BCUT2D eigenvalue weighted by Gasteiger charge is 2.23. The van der Waals surface area contributed by atoms with Gasteiger partial charge in [0.1, 0.15) is 5.01 Å². The quantitative estimate of drug-likeness (QED) is 0.176. The van der Waals surface area contributed by atoms with Crippen molar-refractivity contribution >= 4 is 64.6 Å². The highest BCUT2D eigenvalue weighted by Crippen LogP contribution is 2.50. The summed E-state index contributed by atoms with van der Waals surface area (Å²) in [7, 11) is 0. The summed E-state index contributed by atoms with van der Waals surface area (Å²) in [4.78, 5) is 5.07. The lowest BCUT2D eigenvalue weighted by Crippen LogP contribution is -1.88. The zero-order valence-corrected chi connectivity index (χ0v) is 27.3. The second kappa shape index (κ2) is 10.2. The molecule has 0 spiro atoms. The summed E-state index contributed by atoms with van der Waals surface area (Å²) in [5.41, 5.74) is 12.6. The van der Waals surface area contributed by atoms with Gasteiger partial charge in [-0.25, -0.2) is 4.98 Å². The lowest BCUT2D eigenvalue weighted by atomic mass is 9.89. The van der Waals surface area contributed by atoms with Gasteiger partial charge in [-0.2, -0.15) is 0 Å². The van der Waals surface area contributed by atoms with Gasteiger partial charge in [0.15, 0.2) is 0 Å². The highest BCUT2D eigenvalue weighted by atomic mass is 32.1. The van der Waals surface area contributed by atoms with Crippen molar-refractivity contribution in [1.29, 1.82) is 0 Å². The first-order valence-electron chi connectivity index (χ1n) is 16.8. The zero-order chi connectivity index (χ0) is 32.1. The SMILES string of the molecule is c1ccc(-c2nc3ccc4ccc5ccc(-c6cccc7c(-c8ccc9c%10c(cccc8%10)-c8ccccc8-9)cccc67)cc5c4c3s2)cc1. The summed E-state index contributed by atoms with van der Waals surface area (Å²) in [5.74, 6) is 0. The average Bonchev–Trinajstić information content (AvgIpc) is 3.75. The first kappa shape index (κ1) is 26.9. The molecule has 49 heavy (non-hydrogen) atoms. The van der Waals surface area contributed by atoms with Gasteiger partial charge in [0, 0.05) is 10.9 Å². The number of nitrogens with zero attached hydrogens (tertiary/aromatic N) is 1. The van der Waals surface area contributed by atoms with E-state index in [0.29, 0.717) is 0 Å². The zero-order valence-electron chi connectivity index (χ0n) is 26.4. The molecule has 0 amide bonds. The Balaban J connectivity index is 1.11. The van der Waals surface area contributed by atoms with E-state index in [1.54, 1.807) is 11.3 Å². The van der Waals surface area contributed by atoms with E-state index >= 15 is 0 Å². The monoisotopic (exact) mass is 637 g/mol. The van der Waals surface area contributed by atoms with E-state index in [1.807, 2.05) is 0 Å². The lowest BCUT2D eigenvalue weighted by molar-refractivity contribution is 1.48. The van der Waals surface area contributed by atoms with Gasteiger partial charge in [0.05, 0.1) is 10.2 Å². The standard InChI is InChI=1S/C47H27NS/c1-2-9-30(10-3-1)47-48-43-26-23-29-21-19-28-20-22-31(27-42(28)44(29)46(43)49-47)32-13-6-15-34-33(32)14-7-16-35(34)38-24-25-41-37-12-5-4-11-36(37)39-17-8-18-40(38)45(39)41/h1-27H. The molecule has 10 aromatic rings. The van der Waals surface area contributed by atoms with Gasteiger partial charge in [-0.05, 0) is 94.3 Å². The summed E-state index contributed by atoms with van der Waals surface area (Å²) >= 11 is 1.79. The molecule has 226 valence electrons. The van der Waals surface area contributed by atoms with Crippen molar-refractivity contribution in [3.8, 4) is 55.1 Å². The van der Waals surface area contributed by atoms with E-state index in [1.165, 1.54) is 92.3 Å². The molecule has 11 rings (SSSR count). The molecule has 1 aromatic heterocycles. The third-order valence-electron chi connectivity index (χ3n) is 10.4. The van der Waals surface area contributed by atoms with Crippen molar-refractivity contribution in [2.45, 2.75) is 0 Å². The smallest absolute Gasteiger partial charge is 0.124 e. The fourth-order valence-electron chi connectivity index (χ4n) is 8.23. The Kier molecular flexibility index (Phi) is 5.61. The Morgan fingerprint density at radius 2 is 0.939 bits per heavy atom. The molecule has 0 saturated carbocycles. The van der Waals surface area contributed by atoms with Crippen LogP contribution >= 0.6 is 11.3 Å². The van der Waals surface area contributed by atoms with Gasteiger partial charge < -0.3 is 0 Å². The maximum absolute atomic E-state index is 5.07. The van der Waals surface area contributed by atoms with Crippen LogP contribution in [-0.2, 0) is 0 Å². The fraction of sp³-hybridized carbons (Fsp3) is 0. The van der Waals surface area contributed by atoms with Crippen molar-refractivity contribution in [3.05, 3.63) is 164 Å². The van der Waals surface area contributed by atoms with Crippen molar-refractivity contribution in [3.63, 3.8) is 0 Å². The molecule has 1 nitrogen and oxygen atoms in total. The third kappa shape index (κ3) is 3.90. The Bertz CT molecular complexity index is 2960. The van der Waals surface area contributed by atoms with Gasteiger partial charge in [0.25, 0.3) is 0 Å². The summed E-state index contributed by atoms with van der Waals surface area (Å²) in [6.45, 7) is 0. The van der Waals surface area contributed by atoms with Gasteiger partial charge in [-0.1, -0.05) is 152 Å². The average molecular weight is 638 g/mol. The van der Waals surface area contributed by atoms with E-state index in [4.69, 9.17) is 4.98 Å². The molecular weight excluding hydrogens is 611 g/mol. The Hall–Kier alpha value is -6.09. The van der Waals surface area contributed by atoms with Crippen LogP contribution in [0.15, 0.2) is 164 Å². The van der Waals surface area contributed by atoms with E-state index in [9.17, 15) is 0 Å². The molecule has 2 heteroatoms. The molecule has 0 atom stereocenters. The molecule has 0 unspecified atom stereocenters. The molecule has 0 saturated heterocycles. The van der Waals surface area contributed by atoms with Gasteiger partial charge in [0.2, 0.25) is 0 Å². The summed E-state index contributed by atoms with van der Waals surface area (Å²) < 4.78 is 1.24. The van der Waals surface area contributed by atoms with Crippen molar-refractivity contribution in [2.75, 3.05) is 0 Å². The van der Waals surface area contributed by atoms with Crippen molar-refractivity contribution < 1.29 is 0 Å². The van der Waals surface area contributed by atoms with E-state index in [0.717, 1.165) is 16.1 Å². The maximum atomic E-state index is 5.07. The van der Waals surface area contributed by atoms with Gasteiger partial charge in [-0.15, -0.1) is 11.3 Å². The first-order valence-corrected chi connectivity index (χ1v) is 17.6. The number of fused-ring (bicyclic) bond motifs is 9. The fourth-order valence-corrected chi connectivity index (χ4v) is 9.37. The molecule has 0 radical (unpaired) electrons. The minimum atomic E-state index is 1.05. The van der Waals surface area contributed by atoms with Crippen LogP contribution < -0.4 is 0 Å². The number of thiazole rings is 1. The number of hydrogen-bond donors (Lipinski definition) is 0. The third-order valence-corrected chi connectivity index (χ3v) is 11.6. The first-order chi connectivity index (χ1) is 24.3. The number of hydrogen-bond acceptors (Lipinski definition) is 2. The summed E-state index contributed by atoms with van der Waals surface area (Å²) in [6, 6.07) is 60.2. The second-order valence-electron chi connectivity index (χ2n) is 13.0. The van der Waals surface area contributed by atoms with Crippen LogP contribution in [0, 0.1) is 0 Å². The minimum absolute atomic E-state index is 1.05. The maximum Gasteiger partial charge on any atom is 0.124 e. The molecule has 1 heterocycles. The largest absolute Gasteiger partial charge is 0.236 e. The lowest BCUT2D eigenvalue weighted by Gasteiger charge is -2.15. The normalized spacial score (nSPS) is 12.1. The summed E-state index contributed by atoms with van der Waals surface area (Å²) in [5, 5.41) is 11.3. The molecule has 0 fully saturated rings. The highest BCUT2D eigenvalue weighted by molar-refractivity contribution is 7.22. The Morgan fingerprint density at radius 3 is 1.78 bits per heavy atom. The van der Waals surface area contributed by atoms with Crippen molar-refractivity contribution in [1.82, 2.24) is 4.98 Å². The van der Waals surface area contributed by atoms with Crippen LogP contribution in [0.3, 0.4) is 0 Å². The molecule has 1 aliphatic carbocycles. The number of benzene rings is 9. The predicted octanol–water partition coefficient (Wildman–Crippen LogP) is 13.6. The van der Waals surface area contributed by atoms with Gasteiger partial charge >= 0.3 is 0 Å². The van der Waals surface area contributed by atoms with Crippen LogP contribution in [-0.4, -0.2) is 4.98 Å². The van der Waals surface area contributed by atoms with Crippen LogP contribution in [0.2, 0.25) is 0 Å². The molecule has 1 aliphatic rings. The van der Waals surface area contributed by atoms with Crippen LogP contribution in [0.5, 0.6) is 0 Å². The molecule has 0 aliphatic heterocycles.